The van der Waals surface area contributed by atoms with Gasteiger partial charge in [0.05, 0.1) is 19.0 Å². The van der Waals surface area contributed by atoms with Crippen molar-refractivity contribution < 1.29 is 14.3 Å². The predicted molar refractivity (Wildman–Crippen MR) is 97.3 cm³/mol. The van der Waals surface area contributed by atoms with E-state index in [4.69, 9.17) is 4.74 Å². The van der Waals surface area contributed by atoms with Gasteiger partial charge in [0.2, 0.25) is 0 Å². The van der Waals surface area contributed by atoms with Gasteiger partial charge in [-0.1, -0.05) is 18.2 Å². The van der Waals surface area contributed by atoms with Crippen molar-refractivity contribution in [2.45, 2.75) is 30.8 Å². The van der Waals surface area contributed by atoms with Crippen LogP contribution in [0.15, 0.2) is 52.9 Å². The molecule has 0 aromatic carbocycles. The van der Waals surface area contributed by atoms with Gasteiger partial charge < -0.3 is 4.74 Å². The summed E-state index contributed by atoms with van der Waals surface area (Å²) >= 11 is 1.06. The molecule has 4 rings (SSSR count). The van der Waals surface area contributed by atoms with Crippen LogP contribution in [0.2, 0.25) is 0 Å². The lowest BCUT2D eigenvalue weighted by molar-refractivity contribution is 0.118. The zero-order chi connectivity index (χ0) is 17.8. The molecule has 7 heteroatoms. The summed E-state index contributed by atoms with van der Waals surface area (Å²) in [5.41, 5.74) is 2.99. The average Bonchev–Trinajstić information content (AvgIpc) is 3.10. The first kappa shape index (κ1) is 16.1. The predicted octanol–water partition coefficient (Wildman–Crippen LogP) is 3.66. The molecule has 1 aromatic heterocycles. The van der Waals surface area contributed by atoms with Gasteiger partial charge in [-0.15, -0.1) is 4.48 Å². The summed E-state index contributed by atoms with van der Waals surface area (Å²) in [5, 5.41) is 0.700. The summed E-state index contributed by atoms with van der Waals surface area (Å²) in [5.74, 6) is 0.562. The maximum absolute atomic E-state index is 13.2. The average molecular weight is 356 g/mol. The third-order valence-electron chi connectivity index (χ3n) is 5.27. The fourth-order valence-electron chi connectivity index (χ4n) is 4.40. The van der Waals surface area contributed by atoms with Gasteiger partial charge >= 0.3 is 12.0 Å². The molecule has 1 aliphatic carbocycles. The number of carbonyl (C=O) groups is 2. The van der Waals surface area contributed by atoms with Gasteiger partial charge in [0, 0.05) is 13.3 Å². The number of quaternary nitrogens is 1. The Hall–Kier alpha value is -2.38. The molecule has 2 unspecified atom stereocenters. The summed E-state index contributed by atoms with van der Waals surface area (Å²) in [4.78, 5) is 28.9. The molecule has 0 saturated carbocycles. The van der Waals surface area contributed by atoms with Gasteiger partial charge in [0.25, 0.3) is 0 Å². The van der Waals surface area contributed by atoms with Crippen molar-refractivity contribution >= 4 is 35.1 Å². The molecule has 0 radical (unpaired) electrons. The zero-order valence-corrected chi connectivity index (χ0v) is 15.0. The van der Waals surface area contributed by atoms with E-state index in [0.29, 0.717) is 17.4 Å². The maximum atomic E-state index is 13.2. The molecule has 128 valence electrons. The van der Waals surface area contributed by atoms with Crippen LogP contribution in [0.25, 0.3) is 5.70 Å². The highest BCUT2D eigenvalue weighted by Gasteiger charge is 2.70. The van der Waals surface area contributed by atoms with Gasteiger partial charge in [-0.25, -0.2) is 4.57 Å². The molecule has 1 spiro atoms. The molecule has 2 aliphatic heterocycles. The van der Waals surface area contributed by atoms with Crippen molar-refractivity contribution in [3.05, 3.63) is 47.8 Å². The molecule has 6 nitrogen and oxygen atoms in total. The molecular formula is C18H18N3O3S+. The first-order valence-corrected chi connectivity index (χ1v) is 8.84. The third kappa shape index (κ3) is 1.67. The smallest absolute Gasteiger partial charge is 0.423 e. The first-order valence-electron chi connectivity index (χ1n) is 7.96. The van der Waals surface area contributed by atoms with E-state index in [-0.39, 0.29) is 10.6 Å². The molecular weight excluding hydrogens is 338 g/mol. The highest BCUT2D eigenvalue weighted by molar-refractivity contribution is 8.11. The molecule has 3 heterocycles. The Morgan fingerprint density at radius 3 is 3.00 bits per heavy atom. The number of amides is 1. The molecule has 3 aliphatic rings. The molecule has 2 atom stereocenters. The summed E-state index contributed by atoms with van der Waals surface area (Å²) in [6, 6.07) is 0. The van der Waals surface area contributed by atoms with Crippen molar-refractivity contribution in [2.24, 2.45) is 0 Å². The second kappa shape index (κ2) is 5.31. The Kier molecular flexibility index (Phi) is 3.42. The first-order chi connectivity index (χ1) is 12.0. The van der Waals surface area contributed by atoms with E-state index in [1.807, 2.05) is 30.6 Å². The van der Waals surface area contributed by atoms with Gasteiger partial charge in [-0.05, 0) is 36.4 Å². The van der Waals surface area contributed by atoms with Crippen LogP contribution in [0.1, 0.15) is 20.3 Å². The van der Waals surface area contributed by atoms with Crippen molar-refractivity contribution in [3.8, 4) is 0 Å². The molecule has 0 saturated heterocycles. The number of fused-ring (bicyclic) bond motifs is 3. The summed E-state index contributed by atoms with van der Waals surface area (Å²) < 4.78 is 7.07. The number of hydrogen-bond acceptors (Lipinski definition) is 5. The zero-order valence-electron chi connectivity index (χ0n) is 14.2. The van der Waals surface area contributed by atoms with Gasteiger partial charge in [-0.2, -0.15) is 9.78 Å². The van der Waals surface area contributed by atoms with E-state index < -0.39 is 5.54 Å². The van der Waals surface area contributed by atoms with Crippen molar-refractivity contribution in [3.63, 3.8) is 0 Å². The molecule has 25 heavy (non-hydrogen) atoms. The van der Waals surface area contributed by atoms with Crippen LogP contribution in [-0.4, -0.2) is 33.9 Å². The Balaban J connectivity index is 2.16. The topological polar surface area (TPSA) is 61.2 Å². The van der Waals surface area contributed by atoms with Gasteiger partial charge in [0.1, 0.15) is 10.7 Å². The Bertz CT molecular complexity index is 924. The van der Waals surface area contributed by atoms with E-state index in [1.54, 1.807) is 6.20 Å². The number of nitrogens with zero attached hydrogens (tertiary/aromatic N) is 3. The summed E-state index contributed by atoms with van der Waals surface area (Å²) in [7, 11) is 1.40. The number of carbonyl (C=O) groups excluding carboxylic acids is 2. The molecule has 0 fully saturated rings. The monoisotopic (exact) mass is 356 g/mol. The Morgan fingerprint density at radius 2 is 2.28 bits per heavy atom. The highest BCUT2D eigenvalue weighted by atomic mass is 32.2. The van der Waals surface area contributed by atoms with Crippen LogP contribution in [0.5, 0.6) is 0 Å². The second-order valence-electron chi connectivity index (χ2n) is 6.32. The van der Waals surface area contributed by atoms with Crippen molar-refractivity contribution in [1.82, 2.24) is 14.0 Å². The number of imidazole rings is 1. The molecule has 1 aromatic rings. The van der Waals surface area contributed by atoms with Crippen molar-refractivity contribution in [2.75, 3.05) is 7.11 Å². The number of thioether (sulfide) groups is 1. The Morgan fingerprint density at radius 1 is 1.48 bits per heavy atom. The highest BCUT2D eigenvalue weighted by Crippen LogP contribution is 2.58. The fourth-order valence-corrected chi connectivity index (χ4v) is 4.89. The number of hydrogen-bond donors (Lipinski definition) is 0. The number of allylic oxidation sites excluding steroid dienone is 5. The number of ether oxygens (including phenoxy) is 1. The van der Waals surface area contributed by atoms with E-state index >= 15 is 0 Å². The van der Waals surface area contributed by atoms with Crippen LogP contribution in [-0.2, 0) is 9.53 Å². The maximum Gasteiger partial charge on any atom is 0.529 e. The fraction of sp³-hybridized carbons (Fsp3) is 0.278. The van der Waals surface area contributed by atoms with E-state index in [2.05, 4.69) is 23.2 Å². The Labute approximate surface area is 149 Å². The standard InChI is InChI=1S/C18H18N3O3S/c1-12-6-4-8-18-9-5-7-13(2)21(18,17(23)24-3)16-19-10-14(25-11-22)20(16)15(12)18/h4-7,9-11H,8H2,1-3H3/q+1. The molecule has 0 bridgehead atoms. The minimum Gasteiger partial charge on any atom is -0.423 e. The largest absolute Gasteiger partial charge is 0.529 e. The number of rotatable bonds is 2. The van der Waals surface area contributed by atoms with E-state index in [0.717, 1.165) is 34.3 Å². The van der Waals surface area contributed by atoms with Gasteiger partial charge in [0.15, 0.2) is 11.2 Å². The minimum atomic E-state index is -0.646. The molecule has 0 N–H and O–H groups in total. The summed E-state index contributed by atoms with van der Waals surface area (Å²) in [6.45, 7) is 3.94. The van der Waals surface area contributed by atoms with E-state index in [1.165, 1.54) is 7.11 Å². The lowest BCUT2D eigenvalue weighted by atomic mass is 9.80. The SMILES string of the molecule is COC(=O)[N+]12C(C)=CC=CC13CC=CC(C)=C3n1c(SC=O)cnc12. The van der Waals surface area contributed by atoms with Crippen LogP contribution in [0.3, 0.4) is 0 Å². The van der Waals surface area contributed by atoms with Crippen molar-refractivity contribution in [1.29, 1.82) is 0 Å². The lowest BCUT2D eigenvalue weighted by Gasteiger charge is -2.43. The molecule has 1 amide bonds. The quantitative estimate of drug-likeness (QED) is 0.460. The summed E-state index contributed by atoms with van der Waals surface area (Å²) in [6.07, 6.45) is 12.0. The number of aromatic nitrogens is 2. The van der Waals surface area contributed by atoms with Crippen LogP contribution < -0.4 is 4.48 Å². The van der Waals surface area contributed by atoms with Crippen LogP contribution in [0.4, 0.5) is 10.7 Å². The third-order valence-corrected chi connectivity index (χ3v) is 5.89. The van der Waals surface area contributed by atoms with Crippen LogP contribution >= 0.6 is 11.8 Å². The number of methoxy groups -OCH3 is 1. The normalized spacial score (nSPS) is 29.0. The van der Waals surface area contributed by atoms with E-state index in [9.17, 15) is 9.59 Å². The lowest BCUT2D eigenvalue weighted by Crippen LogP contribution is -2.66. The van der Waals surface area contributed by atoms with Gasteiger partial charge in [-0.3, -0.25) is 4.79 Å². The van der Waals surface area contributed by atoms with Crippen LogP contribution in [0, 0.1) is 0 Å². The minimum absolute atomic E-state index is 0.129. The second-order valence-corrected chi connectivity index (χ2v) is 7.16.